The van der Waals surface area contributed by atoms with Crippen molar-refractivity contribution in [3.05, 3.63) is 29.3 Å². The molecule has 0 spiro atoms. The van der Waals surface area contributed by atoms with E-state index in [1.165, 1.54) is 11.1 Å². The van der Waals surface area contributed by atoms with Crippen LogP contribution in [-0.4, -0.2) is 23.7 Å². The van der Waals surface area contributed by atoms with Gasteiger partial charge in [-0.15, -0.1) is 0 Å². The van der Waals surface area contributed by atoms with Gasteiger partial charge in [0.05, 0.1) is 0 Å². The van der Waals surface area contributed by atoms with Gasteiger partial charge in [-0.05, 0) is 49.2 Å². The van der Waals surface area contributed by atoms with Crippen molar-refractivity contribution >= 4 is 11.2 Å². The topological polar surface area (TPSA) is 44.3 Å². The van der Waals surface area contributed by atoms with E-state index in [0.29, 0.717) is 17.6 Å². The number of hydrogen-bond acceptors (Lipinski definition) is 3. The summed E-state index contributed by atoms with van der Waals surface area (Å²) in [6.07, 6.45) is 2.48. The van der Waals surface area contributed by atoms with E-state index in [9.17, 15) is 4.55 Å². The van der Waals surface area contributed by atoms with Crippen LogP contribution in [0.5, 0.6) is 5.75 Å². The Kier molecular flexibility index (Phi) is 3.27. The van der Waals surface area contributed by atoms with Gasteiger partial charge in [0.1, 0.15) is 23.4 Å². The number of benzene rings is 1. The quantitative estimate of drug-likeness (QED) is 0.812. The van der Waals surface area contributed by atoms with Crippen LogP contribution in [0, 0.1) is 0 Å². The predicted octanol–water partition coefficient (Wildman–Crippen LogP) is 1.58. The van der Waals surface area contributed by atoms with Crippen LogP contribution in [0.3, 0.4) is 0 Å². The highest BCUT2D eigenvalue weighted by Gasteiger charge is 2.23. The van der Waals surface area contributed by atoms with Crippen LogP contribution in [0.15, 0.2) is 18.2 Å². The highest BCUT2D eigenvalue weighted by molar-refractivity contribution is 7.90. The molecular weight excluding hydrogens is 234 g/mol. The highest BCUT2D eigenvalue weighted by Crippen LogP contribution is 2.29. The van der Waals surface area contributed by atoms with Gasteiger partial charge < -0.3 is 14.6 Å². The smallest absolute Gasteiger partial charge is 0.131 e. The van der Waals surface area contributed by atoms with Gasteiger partial charge in [0.2, 0.25) is 0 Å². The van der Waals surface area contributed by atoms with Crippen molar-refractivity contribution in [1.82, 2.24) is 5.32 Å². The van der Waals surface area contributed by atoms with E-state index >= 15 is 0 Å². The van der Waals surface area contributed by atoms with Gasteiger partial charge in [-0.3, -0.25) is 0 Å². The van der Waals surface area contributed by atoms with Gasteiger partial charge in [0.15, 0.2) is 0 Å². The molecule has 1 saturated heterocycles. The lowest BCUT2D eigenvalue weighted by Crippen LogP contribution is -2.34. The second-order valence-corrected chi connectivity index (χ2v) is 6.18. The fourth-order valence-electron chi connectivity index (χ4n) is 2.45. The van der Waals surface area contributed by atoms with Crippen molar-refractivity contribution in [2.45, 2.75) is 30.5 Å². The molecule has 1 aromatic carbocycles. The Labute approximate surface area is 105 Å². The fraction of sp³-hybridized carbons (Fsp3) is 0.538. The third-order valence-electron chi connectivity index (χ3n) is 3.40. The average Bonchev–Trinajstić information content (AvgIpc) is 2.70. The maximum absolute atomic E-state index is 11.5. The molecule has 3 nitrogen and oxygen atoms in total. The predicted molar refractivity (Wildman–Crippen MR) is 68.5 cm³/mol. The second kappa shape index (κ2) is 4.88. The number of piperidine rings is 1. The molecule has 2 heterocycles. The van der Waals surface area contributed by atoms with Crippen LogP contribution in [0.25, 0.3) is 0 Å². The maximum Gasteiger partial charge on any atom is 0.131 e. The first-order valence-electron chi connectivity index (χ1n) is 6.15. The lowest BCUT2D eigenvalue weighted by atomic mass is 10.1. The summed E-state index contributed by atoms with van der Waals surface area (Å²) in [7, 11) is 0. The minimum Gasteiger partial charge on any atom is -0.616 e. The second-order valence-electron chi connectivity index (χ2n) is 4.73. The van der Waals surface area contributed by atoms with Crippen LogP contribution in [-0.2, 0) is 22.7 Å². The molecule has 4 heteroatoms. The minimum absolute atomic E-state index is 0.334. The average molecular weight is 251 g/mol. The van der Waals surface area contributed by atoms with Gasteiger partial charge in [-0.25, -0.2) is 0 Å². The molecule has 0 radical (unpaired) electrons. The molecule has 1 fully saturated rings. The van der Waals surface area contributed by atoms with Crippen molar-refractivity contribution in [3.8, 4) is 5.75 Å². The number of fused-ring (bicyclic) bond motifs is 1. The molecule has 0 aromatic heterocycles. The summed E-state index contributed by atoms with van der Waals surface area (Å²) in [5.41, 5.74) is 2.43. The molecule has 17 heavy (non-hydrogen) atoms. The molecule has 2 aliphatic rings. The molecule has 92 valence electrons. The van der Waals surface area contributed by atoms with E-state index in [1.54, 1.807) is 0 Å². The lowest BCUT2D eigenvalue weighted by molar-refractivity contribution is 0.162. The SMILES string of the molecule is [O-][S+]1Cc2ccc(OC3CCNCC3)cc2C1. The molecule has 0 aliphatic carbocycles. The first-order chi connectivity index (χ1) is 8.31. The number of nitrogens with one attached hydrogen (secondary N) is 1. The number of hydrogen-bond donors (Lipinski definition) is 1. The van der Waals surface area contributed by atoms with Gasteiger partial charge in [-0.1, -0.05) is 6.07 Å². The van der Waals surface area contributed by atoms with Crippen molar-refractivity contribution in [2.75, 3.05) is 13.1 Å². The third kappa shape index (κ3) is 2.59. The Morgan fingerprint density at radius 2 is 1.94 bits per heavy atom. The molecule has 0 amide bonds. The monoisotopic (exact) mass is 251 g/mol. The molecule has 1 unspecified atom stereocenters. The summed E-state index contributed by atoms with van der Waals surface area (Å²) < 4.78 is 17.4. The standard InChI is InChI=1S/C13H17NO2S/c15-17-8-10-1-2-13(7-11(10)9-17)16-12-3-5-14-6-4-12/h1-2,7,12,14H,3-6,8-9H2. The zero-order chi connectivity index (χ0) is 11.7. The molecule has 1 aromatic rings. The van der Waals surface area contributed by atoms with Crippen LogP contribution < -0.4 is 10.1 Å². The largest absolute Gasteiger partial charge is 0.616 e. The summed E-state index contributed by atoms with van der Waals surface area (Å²) >= 11 is -0.700. The summed E-state index contributed by atoms with van der Waals surface area (Å²) in [5.74, 6) is 2.34. The molecule has 3 rings (SSSR count). The molecule has 1 N–H and O–H groups in total. The van der Waals surface area contributed by atoms with Crippen LogP contribution >= 0.6 is 0 Å². The molecule has 0 bridgehead atoms. The van der Waals surface area contributed by atoms with E-state index in [2.05, 4.69) is 17.4 Å². The summed E-state index contributed by atoms with van der Waals surface area (Å²) in [6, 6.07) is 6.16. The molecule has 0 saturated carbocycles. The Bertz CT molecular complexity index is 404. The zero-order valence-electron chi connectivity index (χ0n) is 9.78. The molecule has 2 aliphatic heterocycles. The van der Waals surface area contributed by atoms with E-state index < -0.39 is 11.2 Å². The Morgan fingerprint density at radius 3 is 2.76 bits per heavy atom. The zero-order valence-corrected chi connectivity index (χ0v) is 10.6. The van der Waals surface area contributed by atoms with Crippen LogP contribution in [0.2, 0.25) is 0 Å². The third-order valence-corrected chi connectivity index (χ3v) is 4.67. The van der Waals surface area contributed by atoms with Crippen molar-refractivity contribution in [1.29, 1.82) is 0 Å². The van der Waals surface area contributed by atoms with Crippen molar-refractivity contribution in [2.24, 2.45) is 0 Å². The van der Waals surface area contributed by atoms with E-state index in [1.807, 2.05) is 6.07 Å². The van der Waals surface area contributed by atoms with Gasteiger partial charge in [-0.2, -0.15) is 0 Å². The van der Waals surface area contributed by atoms with Gasteiger partial charge in [0, 0.05) is 11.1 Å². The number of rotatable bonds is 2. The fourth-order valence-corrected chi connectivity index (χ4v) is 3.80. The Morgan fingerprint density at radius 1 is 1.18 bits per heavy atom. The highest BCUT2D eigenvalue weighted by atomic mass is 32.2. The summed E-state index contributed by atoms with van der Waals surface area (Å²) in [5, 5.41) is 3.33. The van der Waals surface area contributed by atoms with Crippen LogP contribution in [0.1, 0.15) is 24.0 Å². The van der Waals surface area contributed by atoms with Crippen molar-refractivity contribution < 1.29 is 9.29 Å². The van der Waals surface area contributed by atoms with E-state index in [0.717, 1.165) is 31.7 Å². The Hall–Kier alpha value is -0.710. The van der Waals surface area contributed by atoms with E-state index in [-0.39, 0.29) is 0 Å². The minimum atomic E-state index is -0.700. The lowest BCUT2D eigenvalue weighted by Gasteiger charge is -2.23. The normalized spacial score (nSPS) is 24.6. The maximum atomic E-state index is 11.5. The Balaban J connectivity index is 1.69. The molecular formula is C13H17NO2S. The van der Waals surface area contributed by atoms with E-state index in [4.69, 9.17) is 4.74 Å². The first-order valence-corrected chi connectivity index (χ1v) is 7.64. The van der Waals surface area contributed by atoms with Gasteiger partial charge >= 0.3 is 0 Å². The first kappa shape index (κ1) is 11.4. The number of ether oxygens (including phenoxy) is 1. The van der Waals surface area contributed by atoms with Crippen molar-refractivity contribution in [3.63, 3.8) is 0 Å². The summed E-state index contributed by atoms with van der Waals surface area (Å²) in [4.78, 5) is 0. The molecule has 1 atom stereocenters. The van der Waals surface area contributed by atoms with Crippen LogP contribution in [0.4, 0.5) is 0 Å². The summed E-state index contributed by atoms with van der Waals surface area (Å²) in [6.45, 7) is 2.08. The van der Waals surface area contributed by atoms with Gasteiger partial charge in [0.25, 0.3) is 0 Å².